The van der Waals surface area contributed by atoms with Crippen molar-refractivity contribution < 1.29 is 15.0 Å². The van der Waals surface area contributed by atoms with Crippen LogP contribution in [0.3, 0.4) is 0 Å². The second-order valence-electron chi connectivity index (χ2n) is 5.95. The van der Waals surface area contributed by atoms with Gasteiger partial charge in [-0.3, -0.25) is 4.79 Å². The monoisotopic (exact) mass is 364 g/mol. The lowest BCUT2D eigenvalue weighted by Crippen LogP contribution is -2.17. The van der Waals surface area contributed by atoms with Crippen LogP contribution in [0.4, 0.5) is 11.5 Å². The Labute approximate surface area is 154 Å². The highest BCUT2D eigenvalue weighted by Gasteiger charge is 2.20. The van der Waals surface area contributed by atoms with E-state index in [2.05, 4.69) is 25.5 Å². The molecule has 3 heterocycles. The number of nitrogens with one attached hydrogen (secondary N) is 1. The van der Waals surface area contributed by atoms with E-state index in [1.807, 2.05) is 12.1 Å². The predicted octanol–water partition coefficient (Wildman–Crippen LogP) is 1.18. The van der Waals surface area contributed by atoms with E-state index in [1.54, 1.807) is 35.0 Å². The summed E-state index contributed by atoms with van der Waals surface area (Å²) in [5.41, 5.74) is 2.40. The number of aliphatic hydroxyl groups is 2. The van der Waals surface area contributed by atoms with Gasteiger partial charge in [-0.1, -0.05) is 18.2 Å². The quantitative estimate of drug-likeness (QED) is 0.600. The number of nitrogens with zero attached hydrogens (tertiary/aromatic N) is 5. The van der Waals surface area contributed by atoms with E-state index in [1.165, 1.54) is 6.33 Å². The zero-order chi connectivity index (χ0) is 18.8. The number of aliphatic hydroxyl groups excluding tert-OH is 2. The van der Waals surface area contributed by atoms with Crippen molar-refractivity contribution in [3.8, 4) is 11.5 Å². The summed E-state index contributed by atoms with van der Waals surface area (Å²) < 4.78 is 1.57. The molecule has 4 rings (SSSR count). The topological polar surface area (TPSA) is 126 Å². The van der Waals surface area contributed by atoms with Gasteiger partial charge in [0.05, 0.1) is 30.5 Å². The van der Waals surface area contributed by atoms with Gasteiger partial charge in [-0.25, -0.2) is 9.98 Å². The molecule has 27 heavy (non-hydrogen) atoms. The van der Waals surface area contributed by atoms with Crippen LogP contribution in [-0.2, 0) is 0 Å². The number of hydrogen-bond acceptors (Lipinski definition) is 7. The largest absolute Gasteiger partial charge is 0.394 e. The normalized spacial score (nSPS) is 12.6. The lowest BCUT2D eigenvalue weighted by Gasteiger charge is -2.15. The van der Waals surface area contributed by atoms with Crippen molar-refractivity contribution in [2.24, 2.45) is 4.99 Å². The Morgan fingerprint density at radius 3 is 2.74 bits per heavy atom. The predicted molar refractivity (Wildman–Crippen MR) is 98.1 cm³/mol. The molecule has 1 amide bonds. The van der Waals surface area contributed by atoms with Crippen LogP contribution >= 0.6 is 0 Å². The highest BCUT2D eigenvalue weighted by Crippen LogP contribution is 2.27. The number of amides is 1. The number of aliphatic imine (C=N–C) groups is 1. The number of anilines is 2. The number of carbonyl (C=O) groups is 1. The summed E-state index contributed by atoms with van der Waals surface area (Å²) in [4.78, 5) is 20.3. The summed E-state index contributed by atoms with van der Waals surface area (Å²) in [6.07, 6.45) is 2.98. The summed E-state index contributed by atoms with van der Waals surface area (Å²) in [5.74, 6) is 0.641. The van der Waals surface area contributed by atoms with Gasteiger partial charge in [0.25, 0.3) is 5.91 Å². The van der Waals surface area contributed by atoms with Crippen molar-refractivity contribution in [3.05, 3.63) is 53.9 Å². The average Bonchev–Trinajstić information content (AvgIpc) is 3.31. The fourth-order valence-electron chi connectivity index (χ4n) is 2.91. The Morgan fingerprint density at radius 2 is 1.93 bits per heavy atom. The Morgan fingerprint density at radius 1 is 1.11 bits per heavy atom. The number of pyridine rings is 1. The summed E-state index contributed by atoms with van der Waals surface area (Å²) in [5, 5.41) is 29.9. The summed E-state index contributed by atoms with van der Waals surface area (Å²) in [6, 6.07) is 10.2. The van der Waals surface area contributed by atoms with Crippen molar-refractivity contribution in [1.82, 2.24) is 19.7 Å². The second-order valence-corrected chi connectivity index (χ2v) is 5.95. The number of aromatic nitrogens is 4. The molecule has 1 aliphatic rings. The molecule has 3 aromatic rings. The maximum atomic E-state index is 12.0. The molecule has 9 heteroatoms. The molecule has 0 unspecified atom stereocenters. The lowest BCUT2D eigenvalue weighted by atomic mass is 10.1. The van der Waals surface area contributed by atoms with E-state index >= 15 is 0 Å². The number of hydrogen-bond donors (Lipinski definition) is 3. The number of benzene rings is 1. The first-order valence-electron chi connectivity index (χ1n) is 8.28. The van der Waals surface area contributed by atoms with Gasteiger partial charge in [-0.05, 0) is 18.2 Å². The van der Waals surface area contributed by atoms with Crippen LogP contribution < -0.4 is 5.32 Å². The summed E-state index contributed by atoms with van der Waals surface area (Å²) >= 11 is 0. The van der Waals surface area contributed by atoms with Crippen LogP contribution in [0.25, 0.3) is 11.5 Å². The van der Waals surface area contributed by atoms with Crippen molar-refractivity contribution in [2.75, 3.05) is 18.5 Å². The Balaban J connectivity index is 1.67. The minimum Gasteiger partial charge on any atom is -0.394 e. The first-order valence-corrected chi connectivity index (χ1v) is 8.28. The molecule has 0 radical (unpaired) electrons. The standard InChI is InChI=1S/C18H16N6O3/c25-8-12(9-26)24-10-20-23-17(24)14-5-2-6-15(22-14)21-13-4-1-3-11-7-19-18(27)16(11)13/h1-7,10,12,25-26H,8-9H2,(H,21,22). The minimum atomic E-state index is -0.555. The van der Waals surface area contributed by atoms with E-state index in [9.17, 15) is 15.0 Å². The molecule has 3 N–H and O–H groups in total. The first kappa shape index (κ1) is 17.0. The molecule has 0 saturated heterocycles. The van der Waals surface area contributed by atoms with Gasteiger partial charge in [0, 0.05) is 11.8 Å². The third-order valence-corrected chi connectivity index (χ3v) is 4.26. The van der Waals surface area contributed by atoms with E-state index in [0.717, 1.165) is 5.56 Å². The van der Waals surface area contributed by atoms with Crippen LogP contribution in [-0.4, -0.2) is 55.3 Å². The van der Waals surface area contributed by atoms with Gasteiger partial charge in [0.1, 0.15) is 17.8 Å². The van der Waals surface area contributed by atoms with Crippen LogP contribution in [0.1, 0.15) is 22.0 Å². The lowest BCUT2D eigenvalue weighted by molar-refractivity contribution is 0.101. The summed E-state index contributed by atoms with van der Waals surface area (Å²) in [6.45, 7) is -0.504. The third-order valence-electron chi connectivity index (χ3n) is 4.26. The molecule has 2 aromatic heterocycles. The highest BCUT2D eigenvalue weighted by atomic mass is 16.3. The molecule has 1 aromatic carbocycles. The van der Waals surface area contributed by atoms with Gasteiger partial charge in [0.2, 0.25) is 0 Å². The average molecular weight is 364 g/mol. The van der Waals surface area contributed by atoms with Gasteiger partial charge in [-0.15, -0.1) is 10.2 Å². The Kier molecular flexibility index (Phi) is 4.45. The zero-order valence-electron chi connectivity index (χ0n) is 14.1. The van der Waals surface area contributed by atoms with Gasteiger partial charge >= 0.3 is 0 Å². The van der Waals surface area contributed by atoms with Gasteiger partial charge in [-0.2, -0.15) is 0 Å². The fourth-order valence-corrected chi connectivity index (χ4v) is 2.91. The van der Waals surface area contributed by atoms with Crippen LogP contribution in [0.2, 0.25) is 0 Å². The maximum absolute atomic E-state index is 12.0. The maximum Gasteiger partial charge on any atom is 0.279 e. The molecular formula is C18H16N6O3. The molecule has 136 valence electrons. The van der Waals surface area contributed by atoms with Crippen molar-refractivity contribution in [2.45, 2.75) is 6.04 Å². The number of rotatable bonds is 6. The van der Waals surface area contributed by atoms with Crippen molar-refractivity contribution in [3.63, 3.8) is 0 Å². The number of carbonyl (C=O) groups excluding carboxylic acids is 1. The van der Waals surface area contributed by atoms with E-state index in [0.29, 0.717) is 28.6 Å². The zero-order valence-corrected chi connectivity index (χ0v) is 14.1. The molecule has 0 saturated carbocycles. The molecule has 0 fully saturated rings. The highest BCUT2D eigenvalue weighted by molar-refractivity contribution is 6.16. The van der Waals surface area contributed by atoms with Crippen LogP contribution in [0.15, 0.2) is 47.7 Å². The molecule has 9 nitrogen and oxygen atoms in total. The van der Waals surface area contributed by atoms with Crippen molar-refractivity contribution in [1.29, 1.82) is 0 Å². The molecule has 0 spiro atoms. The first-order chi connectivity index (χ1) is 13.2. The van der Waals surface area contributed by atoms with E-state index < -0.39 is 6.04 Å². The van der Waals surface area contributed by atoms with Crippen LogP contribution in [0, 0.1) is 0 Å². The molecule has 1 aliphatic heterocycles. The van der Waals surface area contributed by atoms with Gasteiger partial charge in [0.15, 0.2) is 5.82 Å². The van der Waals surface area contributed by atoms with Crippen LogP contribution in [0.5, 0.6) is 0 Å². The fraction of sp³-hybridized carbons (Fsp3) is 0.167. The SMILES string of the molecule is O=C1N=Cc2cccc(Nc3cccc(-c4nncn4C(CO)CO)n3)c21. The Bertz CT molecular complexity index is 1030. The molecule has 0 bridgehead atoms. The van der Waals surface area contributed by atoms with Gasteiger partial charge < -0.3 is 20.1 Å². The van der Waals surface area contributed by atoms with Crippen molar-refractivity contribution >= 4 is 23.6 Å². The van der Waals surface area contributed by atoms with E-state index in [4.69, 9.17) is 0 Å². The van der Waals surface area contributed by atoms with E-state index in [-0.39, 0.29) is 19.1 Å². The molecule has 0 aliphatic carbocycles. The third kappa shape index (κ3) is 3.09. The summed E-state index contributed by atoms with van der Waals surface area (Å²) in [7, 11) is 0. The molecule has 0 atom stereocenters. The second kappa shape index (κ2) is 7.06. The number of fused-ring (bicyclic) bond motifs is 1. The smallest absolute Gasteiger partial charge is 0.279 e. The minimum absolute atomic E-state index is 0.252. The molecular weight excluding hydrogens is 348 g/mol. The Hall–Kier alpha value is -3.43.